The highest BCUT2D eigenvalue weighted by Crippen LogP contribution is 2.43. The van der Waals surface area contributed by atoms with Gasteiger partial charge in [-0.1, -0.05) is 6.42 Å². The lowest BCUT2D eigenvalue weighted by molar-refractivity contribution is -0.0862. The van der Waals surface area contributed by atoms with E-state index in [0.29, 0.717) is 17.5 Å². The van der Waals surface area contributed by atoms with Gasteiger partial charge in [-0.15, -0.1) is 0 Å². The summed E-state index contributed by atoms with van der Waals surface area (Å²) >= 11 is 0. The molecule has 1 aromatic carbocycles. The molecule has 28 heavy (non-hydrogen) atoms. The number of fused-ring (bicyclic) bond motifs is 2. The van der Waals surface area contributed by atoms with E-state index in [1.165, 1.54) is 19.3 Å². The quantitative estimate of drug-likeness (QED) is 0.855. The first-order valence-corrected chi connectivity index (χ1v) is 10.5. The van der Waals surface area contributed by atoms with Gasteiger partial charge in [0.1, 0.15) is 5.75 Å². The molecule has 2 N–H and O–H groups in total. The van der Waals surface area contributed by atoms with E-state index in [1.54, 1.807) is 12.1 Å². The molecule has 3 heterocycles. The Morgan fingerprint density at radius 2 is 2.04 bits per heavy atom. The molecule has 150 valence electrons. The van der Waals surface area contributed by atoms with Crippen LogP contribution in [0.15, 0.2) is 18.2 Å². The zero-order valence-electron chi connectivity index (χ0n) is 16.6. The number of hydrogen-bond donors (Lipinski definition) is 2. The van der Waals surface area contributed by atoms with Gasteiger partial charge in [0.2, 0.25) is 0 Å². The fourth-order valence-electron chi connectivity index (χ4n) is 5.59. The Morgan fingerprint density at radius 3 is 2.82 bits per heavy atom. The summed E-state index contributed by atoms with van der Waals surface area (Å²) in [6, 6.07) is 5.67. The number of aryl methyl sites for hydroxylation is 1. The van der Waals surface area contributed by atoms with Gasteiger partial charge < -0.3 is 19.7 Å². The zero-order valence-corrected chi connectivity index (χ0v) is 16.6. The number of phenols is 1. The fraction of sp³-hybridized carbons (Fsp3) is 0.591. The van der Waals surface area contributed by atoms with Gasteiger partial charge in [0, 0.05) is 36.2 Å². The van der Waals surface area contributed by atoms with E-state index in [2.05, 4.69) is 10.2 Å². The van der Waals surface area contributed by atoms with Crippen LogP contribution in [0.3, 0.4) is 0 Å². The van der Waals surface area contributed by atoms with Crippen LogP contribution in [0.5, 0.6) is 5.75 Å². The summed E-state index contributed by atoms with van der Waals surface area (Å²) in [4.78, 5) is 15.9. The Hall–Kier alpha value is -2.05. The van der Waals surface area contributed by atoms with E-state index in [1.807, 2.05) is 24.6 Å². The molecule has 3 aliphatic rings. The third kappa shape index (κ3) is 2.65. The zero-order chi connectivity index (χ0) is 19.4. The van der Waals surface area contributed by atoms with Gasteiger partial charge in [-0.3, -0.25) is 9.69 Å². The summed E-state index contributed by atoms with van der Waals surface area (Å²) in [5.41, 5.74) is 2.56. The van der Waals surface area contributed by atoms with Crippen molar-refractivity contribution in [1.82, 2.24) is 14.8 Å². The van der Waals surface area contributed by atoms with Gasteiger partial charge in [-0.05, 0) is 57.5 Å². The molecule has 3 fully saturated rings. The van der Waals surface area contributed by atoms with E-state index in [4.69, 9.17) is 4.74 Å². The molecule has 0 bridgehead atoms. The molecule has 1 saturated carbocycles. The van der Waals surface area contributed by atoms with Gasteiger partial charge in [0.15, 0.2) is 0 Å². The maximum Gasteiger partial charge on any atom is 0.254 e. The standard InChI is InChI=1S/C22H29N3O3/c1-13-18(16-12-14(26)6-7-17(16)24(13)2)22(27)23-19-15-8-11-28-21(15)20(19)25-9-4-3-5-10-25/h6-7,12,15,19-21,26H,3-5,8-11H2,1-2H3,(H,23,27)/t15-,19+,20-,21-/m1/s1. The Labute approximate surface area is 165 Å². The van der Waals surface area contributed by atoms with E-state index in [0.717, 1.165) is 42.7 Å². The maximum absolute atomic E-state index is 13.4. The number of likely N-dealkylation sites (tertiary alicyclic amines) is 1. The maximum atomic E-state index is 13.4. The Bertz CT molecular complexity index is 915. The summed E-state index contributed by atoms with van der Waals surface area (Å²) in [5, 5.41) is 14.1. The number of carbonyl (C=O) groups excluding carboxylic acids is 1. The molecule has 5 rings (SSSR count). The number of rotatable bonds is 3. The molecule has 2 aromatic rings. The predicted molar refractivity (Wildman–Crippen MR) is 108 cm³/mol. The third-order valence-corrected chi connectivity index (χ3v) is 7.16. The Morgan fingerprint density at radius 1 is 1.25 bits per heavy atom. The van der Waals surface area contributed by atoms with Crippen LogP contribution in [0.2, 0.25) is 0 Å². The molecule has 0 spiro atoms. The SMILES string of the molecule is Cc1c(C(=O)N[C@H]2[C@H]3CCO[C@H]3[C@@H]2N2CCCCC2)c2cc(O)ccc2n1C. The van der Waals surface area contributed by atoms with Crippen LogP contribution in [0.25, 0.3) is 10.9 Å². The molecular formula is C22H29N3O3. The molecule has 0 unspecified atom stereocenters. The average Bonchev–Trinajstić information content (AvgIpc) is 3.20. The van der Waals surface area contributed by atoms with Crippen LogP contribution < -0.4 is 5.32 Å². The largest absolute Gasteiger partial charge is 0.508 e. The van der Waals surface area contributed by atoms with E-state index in [9.17, 15) is 9.90 Å². The van der Waals surface area contributed by atoms with E-state index < -0.39 is 0 Å². The molecule has 6 nitrogen and oxygen atoms in total. The number of phenolic OH excluding ortho intramolecular Hbond substituents is 1. The highest BCUT2D eigenvalue weighted by Gasteiger charge is 2.56. The normalized spacial score (nSPS) is 30.2. The van der Waals surface area contributed by atoms with Crippen LogP contribution in [-0.4, -0.2) is 58.4 Å². The molecule has 2 aliphatic heterocycles. The number of carbonyl (C=O) groups is 1. The smallest absolute Gasteiger partial charge is 0.254 e. The van der Waals surface area contributed by atoms with E-state index in [-0.39, 0.29) is 23.8 Å². The van der Waals surface area contributed by atoms with Crippen LogP contribution in [-0.2, 0) is 11.8 Å². The predicted octanol–water partition coefficient (Wildman–Crippen LogP) is 2.56. The number of hydrogen-bond acceptors (Lipinski definition) is 4. The van der Waals surface area contributed by atoms with Crippen molar-refractivity contribution < 1.29 is 14.6 Å². The number of aromatic nitrogens is 1. The van der Waals surface area contributed by atoms with Crippen molar-refractivity contribution in [2.24, 2.45) is 13.0 Å². The molecular weight excluding hydrogens is 354 g/mol. The summed E-state index contributed by atoms with van der Waals surface area (Å²) in [6.45, 7) is 4.97. The first kappa shape index (κ1) is 18.0. The first-order chi connectivity index (χ1) is 13.6. The summed E-state index contributed by atoms with van der Waals surface area (Å²) in [5.74, 6) is 0.567. The second-order valence-corrected chi connectivity index (χ2v) is 8.60. The fourth-order valence-corrected chi connectivity index (χ4v) is 5.59. The molecule has 6 heteroatoms. The lowest BCUT2D eigenvalue weighted by Crippen LogP contribution is -2.71. The van der Waals surface area contributed by atoms with Gasteiger partial charge in [0.25, 0.3) is 5.91 Å². The van der Waals surface area contributed by atoms with Crippen molar-refractivity contribution in [2.45, 2.75) is 50.8 Å². The number of piperidine rings is 1. The monoisotopic (exact) mass is 383 g/mol. The minimum atomic E-state index is -0.0361. The Kier molecular flexibility index (Phi) is 4.36. The average molecular weight is 383 g/mol. The van der Waals surface area contributed by atoms with Crippen LogP contribution in [0.4, 0.5) is 0 Å². The van der Waals surface area contributed by atoms with Crippen molar-refractivity contribution in [3.63, 3.8) is 0 Å². The number of nitrogens with zero attached hydrogens (tertiary/aromatic N) is 2. The summed E-state index contributed by atoms with van der Waals surface area (Å²) in [7, 11) is 1.96. The number of amides is 1. The van der Waals surface area contributed by atoms with Crippen molar-refractivity contribution in [3.05, 3.63) is 29.5 Å². The minimum Gasteiger partial charge on any atom is -0.508 e. The topological polar surface area (TPSA) is 66.7 Å². The molecule has 0 radical (unpaired) electrons. The number of ether oxygens (including phenoxy) is 1. The molecule has 1 aliphatic carbocycles. The number of aromatic hydroxyl groups is 1. The molecule has 4 atom stereocenters. The van der Waals surface area contributed by atoms with Gasteiger partial charge in [0.05, 0.1) is 23.8 Å². The third-order valence-electron chi connectivity index (χ3n) is 7.16. The van der Waals surface area contributed by atoms with Gasteiger partial charge in [-0.25, -0.2) is 0 Å². The van der Waals surface area contributed by atoms with E-state index >= 15 is 0 Å². The second kappa shape index (κ2) is 6.78. The Balaban J connectivity index is 1.44. The lowest BCUT2D eigenvalue weighted by atomic mass is 9.70. The second-order valence-electron chi connectivity index (χ2n) is 8.60. The van der Waals surface area contributed by atoms with Crippen LogP contribution >= 0.6 is 0 Å². The highest BCUT2D eigenvalue weighted by molar-refractivity contribution is 6.09. The number of benzene rings is 1. The highest BCUT2D eigenvalue weighted by atomic mass is 16.5. The summed E-state index contributed by atoms with van der Waals surface area (Å²) in [6.07, 6.45) is 5.05. The van der Waals surface area contributed by atoms with Crippen molar-refractivity contribution in [2.75, 3.05) is 19.7 Å². The van der Waals surface area contributed by atoms with Crippen LogP contribution in [0.1, 0.15) is 41.7 Å². The van der Waals surface area contributed by atoms with Crippen molar-refractivity contribution >= 4 is 16.8 Å². The molecule has 1 aromatic heterocycles. The minimum absolute atomic E-state index is 0.0361. The molecule has 1 amide bonds. The van der Waals surface area contributed by atoms with Crippen molar-refractivity contribution in [1.29, 1.82) is 0 Å². The van der Waals surface area contributed by atoms with Gasteiger partial charge >= 0.3 is 0 Å². The van der Waals surface area contributed by atoms with Gasteiger partial charge in [-0.2, -0.15) is 0 Å². The lowest BCUT2D eigenvalue weighted by Gasteiger charge is -2.53. The molecule has 2 saturated heterocycles. The van der Waals surface area contributed by atoms with Crippen LogP contribution in [0, 0.1) is 12.8 Å². The first-order valence-electron chi connectivity index (χ1n) is 10.5. The number of nitrogens with one attached hydrogen (secondary N) is 1. The summed E-state index contributed by atoms with van der Waals surface area (Å²) < 4.78 is 8.04. The van der Waals surface area contributed by atoms with Crippen molar-refractivity contribution in [3.8, 4) is 5.75 Å².